The Morgan fingerprint density at radius 2 is 1.96 bits per heavy atom. The molecule has 3 heterocycles. The van der Waals surface area contributed by atoms with Crippen LogP contribution in [0.2, 0.25) is 0 Å². The van der Waals surface area contributed by atoms with Gasteiger partial charge in [0.05, 0.1) is 11.7 Å². The lowest BCUT2D eigenvalue weighted by Gasteiger charge is -2.30. The van der Waals surface area contributed by atoms with Gasteiger partial charge in [0.25, 0.3) is 5.56 Å². The molecule has 2 aromatic heterocycles. The fourth-order valence-corrected chi connectivity index (χ4v) is 4.33. The summed E-state index contributed by atoms with van der Waals surface area (Å²) in [5.74, 6) is 0.262. The molecule has 0 spiro atoms. The van der Waals surface area contributed by atoms with Crippen LogP contribution in [0, 0.1) is 11.7 Å². The fourth-order valence-electron chi connectivity index (χ4n) is 3.43. The fraction of sp³-hybridized carbons (Fsp3) is 0.350. The van der Waals surface area contributed by atoms with Crippen molar-refractivity contribution in [2.24, 2.45) is 5.92 Å². The van der Waals surface area contributed by atoms with Crippen LogP contribution in [-0.2, 0) is 11.3 Å². The summed E-state index contributed by atoms with van der Waals surface area (Å²) in [5, 5.41) is 2.33. The van der Waals surface area contributed by atoms with Crippen molar-refractivity contribution in [3.05, 3.63) is 52.1 Å². The summed E-state index contributed by atoms with van der Waals surface area (Å²) in [5.41, 5.74) is 1.25. The van der Waals surface area contributed by atoms with E-state index in [0.717, 1.165) is 37.1 Å². The Kier molecular flexibility index (Phi) is 4.78. The van der Waals surface area contributed by atoms with Gasteiger partial charge in [-0.3, -0.25) is 14.2 Å². The summed E-state index contributed by atoms with van der Waals surface area (Å²) >= 11 is 1.37. The van der Waals surface area contributed by atoms with Gasteiger partial charge in [-0.25, -0.2) is 9.37 Å². The van der Waals surface area contributed by atoms with Crippen LogP contribution >= 0.6 is 11.3 Å². The number of rotatable bonds is 3. The van der Waals surface area contributed by atoms with E-state index in [4.69, 9.17) is 0 Å². The first kappa shape index (κ1) is 17.9. The first-order valence-electron chi connectivity index (χ1n) is 9.03. The minimum atomic E-state index is -0.324. The zero-order chi connectivity index (χ0) is 19.0. The number of likely N-dealkylation sites (tertiary alicyclic amines) is 1. The van der Waals surface area contributed by atoms with Crippen molar-refractivity contribution >= 4 is 27.5 Å². The molecule has 0 saturated carbocycles. The van der Waals surface area contributed by atoms with Gasteiger partial charge in [0, 0.05) is 24.0 Å². The molecular weight excluding hydrogens is 365 g/mol. The van der Waals surface area contributed by atoms with Crippen LogP contribution in [-0.4, -0.2) is 33.4 Å². The van der Waals surface area contributed by atoms with Crippen LogP contribution in [0.15, 0.2) is 40.8 Å². The molecule has 7 heteroatoms. The van der Waals surface area contributed by atoms with Gasteiger partial charge in [-0.1, -0.05) is 19.1 Å². The van der Waals surface area contributed by atoms with Gasteiger partial charge in [0.1, 0.15) is 17.2 Å². The highest BCUT2D eigenvalue weighted by Gasteiger charge is 2.21. The molecule has 1 aliphatic heterocycles. The molecule has 0 unspecified atom stereocenters. The molecule has 1 aliphatic rings. The molecule has 1 fully saturated rings. The normalized spacial score (nSPS) is 15.4. The number of benzene rings is 1. The number of thiophene rings is 1. The number of aromatic nitrogens is 2. The van der Waals surface area contributed by atoms with E-state index in [2.05, 4.69) is 11.9 Å². The van der Waals surface area contributed by atoms with Crippen molar-refractivity contribution in [3.63, 3.8) is 0 Å². The average molecular weight is 385 g/mol. The summed E-state index contributed by atoms with van der Waals surface area (Å²) in [4.78, 5) is 32.4. The zero-order valence-electron chi connectivity index (χ0n) is 15.0. The van der Waals surface area contributed by atoms with Gasteiger partial charge in [0.2, 0.25) is 5.91 Å². The van der Waals surface area contributed by atoms with E-state index in [-0.39, 0.29) is 23.8 Å². The van der Waals surface area contributed by atoms with Gasteiger partial charge in [0.15, 0.2) is 0 Å². The SMILES string of the molecule is CC1CCN(C(=O)Cn2cnc3scc(-c4ccc(F)cc4)c3c2=O)CC1. The number of carbonyl (C=O) groups excluding carboxylic acids is 1. The Balaban J connectivity index is 1.65. The van der Waals surface area contributed by atoms with E-state index < -0.39 is 0 Å². The number of nitrogens with zero attached hydrogens (tertiary/aromatic N) is 3. The molecule has 4 rings (SSSR count). The number of amides is 1. The van der Waals surface area contributed by atoms with Gasteiger partial charge in [-0.2, -0.15) is 0 Å². The molecular formula is C20H20FN3O2S. The number of hydrogen-bond acceptors (Lipinski definition) is 4. The molecule has 0 aliphatic carbocycles. The molecule has 0 radical (unpaired) electrons. The van der Waals surface area contributed by atoms with E-state index >= 15 is 0 Å². The average Bonchev–Trinajstić information content (AvgIpc) is 3.10. The second-order valence-corrected chi connectivity index (χ2v) is 7.94. The number of hydrogen-bond donors (Lipinski definition) is 0. The summed E-state index contributed by atoms with van der Waals surface area (Å²) in [6, 6.07) is 6.03. The standard InChI is InChI=1S/C20H20FN3O2S/c1-13-6-8-23(9-7-13)17(25)10-24-12-22-19-18(20(24)26)16(11-27-19)14-2-4-15(21)5-3-14/h2-5,11-13H,6-10H2,1H3. The maximum Gasteiger partial charge on any atom is 0.263 e. The van der Waals surface area contributed by atoms with Gasteiger partial charge >= 0.3 is 0 Å². The maximum absolute atomic E-state index is 13.2. The van der Waals surface area contributed by atoms with Crippen LogP contribution in [0.25, 0.3) is 21.3 Å². The molecule has 1 amide bonds. The van der Waals surface area contributed by atoms with Crippen molar-refractivity contribution < 1.29 is 9.18 Å². The zero-order valence-corrected chi connectivity index (χ0v) is 15.8. The summed E-state index contributed by atoms with van der Waals surface area (Å²) in [6.07, 6.45) is 3.44. The molecule has 3 aromatic rings. The quantitative estimate of drug-likeness (QED) is 0.693. The third-order valence-electron chi connectivity index (χ3n) is 5.16. The molecule has 0 atom stereocenters. The molecule has 1 aromatic carbocycles. The highest BCUT2D eigenvalue weighted by atomic mass is 32.1. The molecule has 0 bridgehead atoms. The molecule has 27 heavy (non-hydrogen) atoms. The monoisotopic (exact) mass is 385 g/mol. The largest absolute Gasteiger partial charge is 0.341 e. The smallest absolute Gasteiger partial charge is 0.263 e. The number of piperidine rings is 1. The van der Waals surface area contributed by atoms with Crippen LogP contribution < -0.4 is 5.56 Å². The Morgan fingerprint density at radius 1 is 1.26 bits per heavy atom. The minimum absolute atomic E-state index is 0.00510. The van der Waals surface area contributed by atoms with Crippen molar-refractivity contribution in [3.8, 4) is 11.1 Å². The first-order valence-corrected chi connectivity index (χ1v) is 9.91. The first-order chi connectivity index (χ1) is 13.0. The predicted molar refractivity (Wildman–Crippen MR) is 104 cm³/mol. The van der Waals surface area contributed by atoms with Crippen LogP contribution in [0.1, 0.15) is 19.8 Å². The Bertz CT molecular complexity index is 1030. The van der Waals surface area contributed by atoms with E-state index in [1.165, 1.54) is 34.4 Å². The second-order valence-electron chi connectivity index (χ2n) is 7.08. The summed E-state index contributed by atoms with van der Waals surface area (Å²) < 4.78 is 14.6. The Morgan fingerprint density at radius 3 is 2.67 bits per heavy atom. The molecule has 5 nitrogen and oxygen atoms in total. The molecule has 1 saturated heterocycles. The third-order valence-corrected chi connectivity index (χ3v) is 6.04. The molecule has 140 valence electrons. The minimum Gasteiger partial charge on any atom is -0.341 e. The van der Waals surface area contributed by atoms with Crippen LogP contribution in [0.4, 0.5) is 4.39 Å². The maximum atomic E-state index is 13.2. The topological polar surface area (TPSA) is 55.2 Å². The Hall–Kier alpha value is -2.54. The van der Waals surface area contributed by atoms with Crippen molar-refractivity contribution in [2.75, 3.05) is 13.1 Å². The van der Waals surface area contributed by atoms with E-state index in [0.29, 0.717) is 16.1 Å². The Labute approximate surface area is 160 Å². The van der Waals surface area contributed by atoms with E-state index in [1.807, 2.05) is 10.3 Å². The molecule has 0 N–H and O–H groups in total. The van der Waals surface area contributed by atoms with Crippen LogP contribution in [0.5, 0.6) is 0 Å². The summed E-state index contributed by atoms with van der Waals surface area (Å²) in [7, 11) is 0. The summed E-state index contributed by atoms with van der Waals surface area (Å²) in [6.45, 7) is 3.67. The lowest BCUT2D eigenvalue weighted by atomic mass is 9.99. The highest BCUT2D eigenvalue weighted by Crippen LogP contribution is 2.30. The third kappa shape index (κ3) is 3.51. The van der Waals surface area contributed by atoms with Gasteiger partial charge in [-0.05, 0) is 36.5 Å². The van der Waals surface area contributed by atoms with Gasteiger partial charge in [-0.15, -0.1) is 11.3 Å². The van der Waals surface area contributed by atoms with Gasteiger partial charge < -0.3 is 4.90 Å². The highest BCUT2D eigenvalue weighted by molar-refractivity contribution is 7.17. The number of fused-ring (bicyclic) bond motifs is 1. The number of halogens is 1. The van der Waals surface area contributed by atoms with Crippen molar-refractivity contribution in [1.29, 1.82) is 0 Å². The van der Waals surface area contributed by atoms with Crippen molar-refractivity contribution in [2.45, 2.75) is 26.3 Å². The van der Waals surface area contributed by atoms with E-state index in [9.17, 15) is 14.0 Å². The number of carbonyl (C=O) groups is 1. The lowest BCUT2D eigenvalue weighted by molar-refractivity contribution is -0.133. The van der Waals surface area contributed by atoms with Crippen molar-refractivity contribution in [1.82, 2.24) is 14.5 Å². The second kappa shape index (κ2) is 7.23. The predicted octanol–water partition coefficient (Wildman–Crippen LogP) is 3.52. The van der Waals surface area contributed by atoms with E-state index in [1.54, 1.807) is 12.1 Å². The lowest BCUT2D eigenvalue weighted by Crippen LogP contribution is -2.41. The van der Waals surface area contributed by atoms with Crippen LogP contribution in [0.3, 0.4) is 0 Å².